The summed E-state index contributed by atoms with van der Waals surface area (Å²) in [6.07, 6.45) is 1.65. The molecule has 1 aromatic rings. The molecule has 0 atom stereocenters. The fourth-order valence-electron chi connectivity index (χ4n) is 3.14. The molecule has 4 rings (SSSR count). The van der Waals surface area contributed by atoms with Crippen molar-refractivity contribution in [3.63, 3.8) is 0 Å². The van der Waals surface area contributed by atoms with Crippen LogP contribution >= 0.6 is 0 Å². The summed E-state index contributed by atoms with van der Waals surface area (Å²) in [5, 5.41) is 0. The zero-order chi connectivity index (χ0) is 13.5. The van der Waals surface area contributed by atoms with E-state index < -0.39 is 0 Å². The van der Waals surface area contributed by atoms with Gasteiger partial charge in [0.1, 0.15) is 11.5 Å². The zero-order valence-corrected chi connectivity index (χ0v) is 11.3. The van der Waals surface area contributed by atoms with Gasteiger partial charge < -0.3 is 19.1 Å². The van der Waals surface area contributed by atoms with Crippen molar-refractivity contribution in [2.45, 2.75) is 12.8 Å². The molecule has 0 unspecified atom stereocenters. The van der Waals surface area contributed by atoms with Gasteiger partial charge in [0.2, 0.25) is 0 Å². The van der Waals surface area contributed by atoms with Crippen LogP contribution in [0, 0.1) is 0 Å². The molecule has 0 bridgehead atoms. The molecule has 5 heteroatoms. The zero-order valence-electron chi connectivity index (χ0n) is 11.3. The maximum Gasteiger partial charge on any atom is 0.258 e. The van der Waals surface area contributed by atoms with E-state index in [4.69, 9.17) is 14.2 Å². The first-order chi connectivity index (χ1) is 9.84. The third kappa shape index (κ3) is 1.77. The third-order valence-corrected chi connectivity index (χ3v) is 4.16. The highest BCUT2D eigenvalue weighted by Crippen LogP contribution is 2.41. The molecular formula is C15H17NO4. The molecule has 1 fully saturated rings. The highest BCUT2D eigenvalue weighted by Gasteiger charge is 2.32. The predicted molar refractivity (Wildman–Crippen MR) is 71.6 cm³/mol. The van der Waals surface area contributed by atoms with Crippen molar-refractivity contribution in [2.75, 3.05) is 39.5 Å². The molecule has 3 heterocycles. The van der Waals surface area contributed by atoms with Gasteiger partial charge in [-0.25, -0.2) is 0 Å². The average molecular weight is 275 g/mol. The van der Waals surface area contributed by atoms with Crippen molar-refractivity contribution in [3.8, 4) is 11.5 Å². The van der Waals surface area contributed by atoms with Crippen molar-refractivity contribution < 1.29 is 19.0 Å². The molecule has 106 valence electrons. The summed E-state index contributed by atoms with van der Waals surface area (Å²) >= 11 is 0. The number of ether oxygens (including phenoxy) is 3. The fourth-order valence-corrected chi connectivity index (χ4v) is 3.14. The van der Waals surface area contributed by atoms with E-state index in [1.807, 2.05) is 11.0 Å². The molecule has 0 aromatic heterocycles. The molecule has 20 heavy (non-hydrogen) atoms. The van der Waals surface area contributed by atoms with Gasteiger partial charge in [0, 0.05) is 37.1 Å². The molecule has 3 aliphatic heterocycles. The highest BCUT2D eigenvalue weighted by atomic mass is 16.5. The maximum absolute atomic E-state index is 12.9. The van der Waals surface area contributed by atoms with Crippen LogP contribution in [-0.4, -0.2) is 50.3 Å². The van der Waals surface area contributed by atoms with Gasteiger partial charge in [0.05, 0.1) is 32.0 Å². The van der Waals surface area contributed by atoms with Crippen molar-refractivity contribution in [1.82, 2.24) is 4.90 Å². The van der Waals surface area contributed by atoms with Crippen molar-refractivity contribution in [1.29, 1.82) is 0 Å². The molecule has 0 radical (unpaired) electrons. The third-order valence-electron chi connectivity index (χ3n) is 4.16. The predicted octanol–water partition coefficient (Wildman–Crippen LogP) is 1.03. The Labute approximate surface area is 117 Å². The summed E-state index contributed by atoms with van der Waals surface area (Å²) in [5.74, 6) is 1.71. The Hall–Kier alpha value is -1.75. The minimum absolute atomic E-state index is 0.0637. The molecule has 0 N–H and O–H groups in total. The number of rotatable bonds is 1. The second-order valence-electron chi connectivity index (χ2n) is 5.32. The lowest BCUT2D eigenvalue weighted by Crippen LogP contribution is -2.41. The van der Waals surface area contributed by atoms with E-state index in [0.29, 0.717) is 39.5 Å². The van der Waals surface area contributed by atoms with Crippen LogP contribution < -0.4 is 9.47 Å². The van der Waals surface area contributed by atoms with Crippen LogP contribution in [-0.2, 0) is 17.6 Å². The molecule has 5 nitrogen and oxygen atoms in total. The van der Waals surface area contributed by atoms with Crippen LogP contribution in [0.2, 0.25) is 0 Å². The molecule has 0 saturated carbocycles. The van der Waals surface area contributed by atoms with E-state index in [1.54, 1.807) is 0 Å². The number of benzene rings is 1. The van der Waals surface area contributed by atoms with E-state index in [0.717, 1.165) is 41.0 Å². The molecule has 1 aromatic carbocycles. The van der Waals surface area contributed by atoms with Crippen LogP contribution in [0.1, 0.15) is 21.5 Å². The first-order valence-corrected chi connectivity index (χ1v) is 7.16. The van der Waals surface area contributed by atoms with E-state index in [1.165, 1.54) is 0 Å². The smallest absolute Gasteiger partial charge is 0.258 e. The lowest BCUT2D eigenvalue weighted by atomic mass is 9.98. The molecular weight excluding hydrogens is 258 g/mol. The van der Waals surface area contributed by atoms with Crippen molar-refractivity contribution >= 4 is 5.91 Å². The summed E-state index contributed by atoms with van der Waals surface area (Å²) < 4.78 is 16.7. The first-order valence-electron chi connectivity index (χ1n) is 7.16. The lowest BCUT2D eigenvalue weighted by Gasteiger charge is -2.28. The standard InChI is InChI=1S/C15H17NO4/c17-15(16-3-7-18-8-4-16)13-11-2-6-19-12(11)9-10-1-5-20-14(10)13/h9H,1-8H2. The van der Waals surface area contributed by atoms with Crippen LogP contribution in [0.15, 0.2) is 6.07 Å². The fraction of sp³-hybridized carbons (Fsp3) is 0.533. The quantitative estimate of drug-likeness (QED) is 0.768. The lowest BCUT2D eigenvalue weighted by molar-refractivity contribution is 0.0300. The van der Waals surface area contributed by atoms with E-state index in [9.17, 15) is 4.79 Å². The molecule has 1 amide bonds. The van der Waals surface area contributed by atoms with Gasteiger partial charge in [0.15, 0.2) is 0 Å². The molecule has 1 saturated heterocycles. The van der Waals surface area contributed by atoms with Crippen LogP contribution in [0.4, 0.5) is 0 Å². The molecule has 3 aliphatic rings. The number of hydrogen-bond donors (Lipinski definition) is 0. The average Bonchev–Trinajstić information content (AvgIpc) is 3.13. The Bertz CT molecular complexity index is 531. The number of carbonyl (C=O) groups is 1. The van der Waals surface area contributed by atoms with Gasteiger partial charge in [-0.15, -0.1) is 0 Å². The van der Waals surface area contributed by atoms with Crippen LogP contribution in [0.25, 0.3) is 0 Å². The number of amides is 1. The summed E-state index contributed by atoms with van der Waals surface area (Å²) in [4.78, 5) is 14.7. The maximum atomic E-state index is 12.9. The Morgan fingerprint density at radius 3 is 2.70 bits per heavy atom. The SMILES string of the molecule is O=C(c1c2c(cc3c1OCC3)OCC2)N1CCOCC1. The number of morpholine rings is 1. The minimum atomic E-state index is 0.0637. The highest BCUT2D eigenvalue weighted by molar-refractivity contribution is 6.00. The largest absolute Gasteiger partial charge is 0.493 e. The monoisotopic (exact) mass is 275 g/mol. The van der Waals surface area contributed by atoms with Gasteiger partial charge in [-0.3, -0.25) is 4.79 Å². The second kappa shape index (κ2) is 4.66. The molecule has 0 aliphatic carbocycles. The summed E-state index contributed by atoms with van der Waals surface area (Å²) in [5.41, 5.74) is 2.85. The Balaban J connectivity index is 1.78. The van der Waals surface area contributed by atoms with Crippen molar-refractivity contribution in [2.24, 2.45) is 0 Å². The Morgan fingerprint density at radius 2 is 1.85 bits per heavy atom. The number of hydrogen-bond acceptors (Lipinski definition) is 4. The Kier molecular flexibility index (Phi) is 2.80. The van der Waals surface area contributed by atoms with Gasteiger partial charge in [-0.05, 0) is 6.07 Å². The first kappa shape index (κ1) is 12.0. The van der Waals surface area contributed by atoms with Gasteiger partial charge in [-0.2, -0.15) is 0 Å². The number of nitrogens with zero attached hydrogens (tertiary/aromatic N) is 1. The minimum Gasteiger partial charge on any atom is -0.493 e. The van der Waals surface area contributed by atoms with Crippen LogP contribution in [0.3, 0.4) is 0 Å². The summed E-state index contributed by atoms with van der Waals surface area (Å²) in [7, 11) is 0. The number of fused-ring (bicyclic) bond motifs is 2. The van der Waals surface area contributed by atoms with Gasteiger partial charge >= 0.3 is 0 Å². The van der Waals surface area contributed by atoms with Gasteiger partial charge in [0.25, 0.3) is 5.91 Å². The molecule has 0 spiro atoms. The second-order valence-corrected chi connectivity index (χ2v) is 5.32. The summed E-state index contributed by atoms with van der Waals surface area (Å²) in [6.45, 7) is 3.83. The number of carbonyl (C=O) groups excluding carboxylic acids is 1. The van der Waals surface area contributed by atoms with E-state index in [-0.39, 0.29) is 5.91 Å². The van der Waals surface area contributed by atoms with Crippen molar-refractivity contribution in [3.05, 3.63) is 22.8 Å². The van der Waals surface area contributed by atoms with E-state index >= 15 is 0 Å². The Morgan fingerprint density at radius 1 is 1.05 bits per heavy atom. The van der Waals surface area contributed by atoms with Gasteiger partial charge in [-0.1, -0.05) is 0 Å². The topological polar surface area (TPSA) is 48.0 Å². The van der Waals surface area contributed by atoms with Crippen LogP contribution in [0.5, 0.6) is 11.5 Å². The summed E-state index contributed by atoms with van der Waals surface area (Å²) in [6, 6.07) is 2.04. The van der Waals surface area contributed by atoms with E-state index in [2.05, 4.69) is 0 Å². The normalized spacial score (nSPS) is 20.1.